The molecule has 0 spiro atoms. The molecule has 40 heavy (non-hydrogen) atoms. The minimum absolute atomic E-state index is 0.156. The van der Waals surface area contributed by atoms with Crippen LogP contribution in [0.1, 0.15) is 62.1 Å². The van der Waals surface area contributed by atoms with Crippen LogP contribution in [0.2, 0.25) is 0 Å². The molecule has 0 N–H and O–H groups in total. The number of ether oxygens (including phenoxy) is 2. The Balaban J connectivity index is 1.44. The molecule has 0 atom stereocenters. The lowest BCUT2D eigenvalue weighted by Crippen LogP contribution is -2.43. The summed E-state index contributed by atoms with van der Waals surface area (Å²) in [4.78, 5) is 79.9. The second-order valence-corrected chi connectivity index (χ2v) is 9.04. The number of hydrogen-bond acceptors (Lipinski definition) is 8. The molecule has 2 heterocycles. The van der Waals surface area contributed by atoms with E-state index >= 15 is 0 Å². The lowest BCUT2D eigenvalue weighted by Gasteiger charge is -2.32. The monoisotopic (exact) mass is 534 g/mol. The summed E-state index contributed by atoms with van der Waals surface area (Å²) in [6.45, 7) is 0. The molecule has 4 aromatic carbocycles. The summed E-state index contributed by atoms with van der Waals surface area (Å²) < 4.78 is 9.39. The van der Waals surface area contributed by atoms with Crippen LogP contribution < -0.4 is 9.80 Å². The van der Waals surface area contributed by atoms with Gasteiger partial charge in [0.15, 0.2) is 0 Å². The van der Waals surface area contributed by atoms with Gasteiger partial charge in [0.05, 0.1) is 36.7 Å². The molecule has 2 aliphatic heterocycles. The van der Waals surface area contributed by atoms with Gasteiger partial charge < -0.3 is 9.47 Å². The third-order valence-corrected chi connectivity index (χ3v) is 6.99. The molecule has 0 saturated carbocycles. The predicted octanol–water partition coefficient (Wildman–Crippen LogP) is 4.01. The molecule has 4 aromatic rings. The summed E-state index contributed by atoms with van der Waals surface area (Å²) in [7, 11) is 2.50. The van der Waals surface area contributed by atoms with Crippen molar-refractivity contribution >= 4 is 57.7 Å². The van der Waals surface area contributed by atoms with Gasteiger partial charge in [-0.25, -0.2) is 19.4 Å². The average molecular weight is 534 g/mol. The summed E-state index contributed by atoms with van der Waals surface area (Å²) in [5.41, 5.74) is 1.62. The van der Waals surface area contributed by atoms with Crippen molar-refractivity contribution in [2.24, 2.45) is 0 Å². The fraction of sp³-hybridized carbons (Fsp3) is 0.0667. The molecule has 0 aromatic heterocycles. The van der Waals surface area contributed by atoms with Gasteiger partial charge in [0.1, 0.15) is 0 Å². The fourth-order valence-electron chi connectivity index (χ4n) is 5.07. The quantitative estimate of drug-likeness (QED) is 0.284. The van der Waals surface area contributed by atoms with Crippen molar-refractivity contribution in [3.05, 3.63) is 106 Å². The predicted molar refractivity (Wildman–Crippen MR) is 142 cm³/mol. The Morgan fingerprint density at radius 3 is 1.00 bits per heavy atom. The van der Waals surface area contributed by atoms with Crippen LogP contribution in [0.3, 0.4) is 0 Å². The van der Waals surface area contributed by atoms with E-state index < -0.39 is 35.6 Å². The molecule has 196 valence electrons. The molecule has 0 saturated heterocycles. The lowest BCUT2D eigenvalue weighted by atomic mass is 9.85. The van der Waals surface area contributed by atoms with Crippen LogP contribution >= 0.6 is 0 Å². The first-order valence-corrected chi connectivity index (χ1v) is 12.0. The lowest BCUT2D eigenvalue weighted by molar-refractivity contribution is 0.0592. The number of nitrogens with zero attached hydrogens (tertiary/aromatic N) is 2. The van der Waals surface area contributed by atoms with Crippen LogP contribution in [-0.2, 0) is 9.47 Å². The zero-order chi connectivity index (χ0) is 28.3. The molecule has 0 unspecified atom stereocenters. The summed E-state index contributed by atoms with van der Waals surface area (Å²) in [6, 6.07) is 17.5. The number of imide groups is 2. The summed E-state index contributed by atoms with van der Waals surface area (Å²) >= 11 is 0. The van der Waals surface area contributed by atoms with Gasteiger partial charge in [0.25, 0.3) is 23.6 Å². The SMILES string of the molecule is COC(=O)c1ccc(N2C(=O)c3ccc4c5c(ccc(c35)C2=O)C(=O)N(c2ccc(C(=O)OC)cc2)C4=O)cc1. The summed E-state index contributed by atoms with van der Waals surface area (Å²) in [6.07, 6.45) is 0. The molecular formula is C30H18N2O8. The van der Waals surface area contributed by atoms with Crippen LogP contribution in [0.4, 0.5) is 11.4 Å². The van der Waals surface area contributed by atoms with Gasteiger partial charge >= 0.3 is 11.9 Å². The molecule has 10 heteroatoms. The standard InChI is InChI=1S/C30H18N2O8/c1-39-29(37)15-3-7-17(8-4-15)31-25(33)19-11-13-21-24-22(14-12-20(23(19)24)26(31)34)28(36)32(27(21)35)18-9-5-16(6-10-18)30(38)40-2/h3-14H,1-2H3. The van der Waals surface area contributed by atoms with Crippen LogP contribution in [0, 0.1) is 0 Å². The van der Waals surface area contributed by atoms with E-state index in [1.165, 1.54) is 87.0 Å². The van der Waals surface area contributed by atoms with Gasteiger partial charge in [0, 0.05) is 33.0 Å². The molecule has 2 aliphatic rings. The first-order valence-electron chi connectivity index (χ1n) is 12.0. The number of carbonyl (C=O) groups is 6. The van der Waals surface area contributed by atoms with Gasteiger partial charge in [-0.15, -0.1) is 0 Å². The molecule has 0 bridgehead atoms. The molecule has 0 aliphatic carbocycles. The minimum atomic E-state index is -0.632. The maximum atomic E-state index is 13.6. The highest BCUT2D eigenvalue weighted by Gasteiger charge is 2.40. The Hall–Kier alpha value is -5.64. The molecule has 4 amide bonds. The van der Waals surface area contributed by atoms with Crippen molar-refractivity contribution in [3.8, 4) is 0 Å². The van der Waals surface area contributed by atoms with Gasteiger partial charge in [0.2, 0.25) is 0 Å². The van der Waals surface area contributed by atoms with Gasteiger partial charge in [-0.2, -0.15) is 0 Å². The number of benzene rings is 4. The summed E-state index contributed by atoms with van der Waals surface area (Å²) in [5, 5.41) is 0.463. The van der Waals surface area contributed by atoms with E-state index in [0.717, 1.165) is 9.80 Å². The van der Waals surface area contributed by atoms with Crippen molar-refractivity contribution < 1.29 is 38.2 Å². The Morgan fingerprint density at radius 2 is 0.750 bits per heavy atom. The largest absolute Gasteiger partial charge is 0.465 e. The number of anilines is 2. The number of amides is 4. The highest BCUT2D eigenvalue weighted by atomic mass is 16.5. The van der Waals surface area contributed by atoms with E-state index in [1.807, 2.05) is 0 Å². The Kier molecular flexibility index (Phi) is 5.54. The Bertz CT molecular complexity index is 1620. The minimum Gasteiger partial charge on any atom is -0.465 e. The first kappa shape index (κ1) is 24.7. The van der Waals surface area contributed by atoms with Crippen molar-refractivity contribution in [2.45, 2.75) is 0 Å². The zero-order valence-corrected chi connectivity index (χ0v) is 21.1. The third kappa shape index (κ3) is 3.43. The van der Waals surface area contributed by atoms with E-state index in [-0.39, 0.29) is 55.5 Å². The zero-order valence-electron chi connectivity index (χ0n) is 21.1. The van der Waals surface area contributed by atoms with E-state index in [2.05, 4.69) is 0 Å². The van der Waals surface area contributed by atoms with Crippen LogP contribution in [-0.4, -0.2) is 49.8 Å². The van der Waals surface area contributed by atoms with Crippen LogP contribution in [0.25, 0.3) is 10.8 Å². The molecule has 6 rings (SSSR count). The Morgan fingerprint density at radius 1 is 0.475 bits per heavy atom. The highest BCUT2D eigenvalue weighted by Crippen LogP contribution is 2.40. The van der Waals surface area contributed by atoms with E-state index in [0.29, 0.717) is 0 Å². The fourth-order valence-corrected chi connectivity index (χ4v) is 5.07. The smallest absolute Gasteiger partial charge is 0.337 e. The molecule has 0 fully saturated rings. The van der Waals surface area contributed by atoms with E-state index in [1.54, 1.807) is 0 Å². The maximum Gasteiger partial charge on any atom is 0.337 e. The van der Waals surface area contributed by atoms with Gasteiger partial charge in [-0.3, -0.25) is 19.2 Å². The van der Waals surface area contributed by atoms with Crippen molar-refractivity contribution in [2.75, 3.05) is 24.0 Å². The second kappa shape index (κ2) is 8.98. The van der Waals surface area contributed by atoms with Crippen molar-refractivity contribution in [3.63, 3.8) is 0 Å². The molecule has 0 radical (unpaired) electrons. The van der Waals surface area contributed by atoms with Crippen LogP contribution in [0.15, 0.2) is 72.8 Å². The molecule has 10 nitrogen and oxygen atoms in total. The number of rotatable bonds is 4. The van der Waals surface area contributed by atoms with Crippen LogP contribution in [0.5, 0.6) is 0 Å². The maximum absolute atomic E-state index is 13.6. The highest BCUT2D eigenvalue weighted by molar-refractivity contribution is 6.42. The van der Waals surface area contributed by atoms with Gasteiger partial charge in [-0.1, -0.05) is 0 Å². The number of hydrogen-bond donors (Lipinski definition) is 0. The number of methoxy groups -OCH3 is 2. The third-order valence-electron chi connectivity index (χ3n) is 6.99. The number of esters is 2. The molecular weight excluding hydrogens is 516 g/mol. The van der Waals surface area contributed by atoms with Crippen molar-refractivity contribution in [1.82, 2.24) is 0 Å². The number of carbonyl (C=O) groups excluding carboxylic acids is 6. The summed E-state index contributed by atoms with van der Waals surface area (Å²) in [5.74, 6) is -3.65. The van der Waals surface area contributed by atoms with E-state index in [9.17, 15) is 28.8 Å². The first-order chi connectivity index (χ1) is 19.3. The normalized spacial score (nSPS) is 14.1. The van der Waals surface area contributed by atoms with Gasteiger partial charge in [-0.05, 0) is 72.8 Å². The van der Waals surface area contributed by atoms with Crippen molar-refractivity contribution in [1.29, 1.82) is 0 Å². The average Bonchev–Trinajstić information content (AvgIpc) is 2.98. The Labute approximate surface area is 226 Å². The second-order valence-electron chi connectivity index (χ2n) is 9.04. The topological polar surface area (TPSA) is 127 Å². The van der Waals surface area contributed by atoms with E-state index in [4.69, 9.17) is 9.47 Å².